The van der Waals surface area contributed by atoms with Gasteiger partial charge in [0.1, 0.15) is 0 Å². The van der Waals surface area contributed by atoms with Gasteiger partial charge in [0.25, 0.3) is 0 Å². The van der Waals surface area contributed by atoms with Gasteiger partial charge in [0.2, 0.25) is 0 Å². The Balaban J connectivity index is 2.01. The molecule has 3 rings (SSSR count). The van der Waals surface area contributed by atoms with Crippen LogP contribution in [0, 0.1) is 6.92 Å². The monoisotopic (exact) mass is 365 g/mol. The van der Waals surface area contributed by atoms with Gasteiger partial charge < -0.3 is 10.5 Å². The van der Waals surface area contributed by atoms with Gasteiger partial charge in [0, 0.05) is 18.1 Å². The van der Waals surface area contributed by atoms with Crippen LogP contribution in [0.25, 0.3) is 0 Å². The lowest BCUT2D eigenvalue weighted by Crippen LogP contribution is -2.35. The Morgan fingerprint density at radius 3 is 2.25 bits per heavy atom. The number of aryl methyl sites for hydroxylation is 1. The Morgan fingerprint density at radius 1 is 1.12 bits per heavy atom. The normalized spacial score (nSPS) is 26.3. The highest BCUT2D eigenvalue weighted by molar-refractivity contribution is 7.92. The number of benzene rings is 2. The van der Waals surface area contributed by atoms with E-state index >= 15 is 0 Å². The largest absolute Gasteiger partial charge is 0.383 e. The highest BCUT2D eigenvalue weighted by Crippen LogP contribution is 2.55. The van der Waals surface area contributed by atoms with Gasteiger partial charge in [0.15, 0.2) is 9.84 Å². The molecule has 1 aliphatic rings. The van der Waals surface area contributed by atoms with Gasteiger partial charge in [-0.15, -0.1) is 0 Å². The number of sulfone groups is 1. The molecule has 1 saturated carbocycles. The van der Waals surface area contributed by atoms with E-state index in [1.54, 1.807) is 12.1 Å². The molecule has 1 fully saturated rings. The summed E-state index contributed by atoms with van der Waals surface area (Å²) in [5.41, 5.74) is 7.55. The first-order chi connectivity index (χ1) is 11.3. The molecule has 4 nitrogen and oxygen atoms in total. The molecule has 0 saturated heterocycles. The maximum absolute atomic E-state index is 13.1. The first-order valence-corrected chi connectivity index (χ1v) is 9.57. The summed E-state index contributed by atoms with van der Waals surface area (Å²) < 4.78 is 31.4. The predicted octanol–water partition coefficient (Wildman–Crippen LogP) is 2.93. The van der Waals surface area contributed by atoms with Gasteiger partial charge in [-0.2, -0.15) is 0 Å². The average molecular weight is 366 g/mol. The van der Waals surface area contributed by atoms with Crippen LogP contribution in [0.3, 0.4) is 0 Å². The van der Waals surface area contributed by atoms with E-state index in [1.165, 1.54) is 19.2 Å². The molecule has 2 N–H and O–H groups in total. The van der Waals surface area contributed by atoms with Crippen LogP contribution >= 0.6 is 11.6 Å². The van der Waals surface area contributed by atoms with Crippen molar-refractivity contribution in [1.29, 1.82) is 0 Å². The van der Waals surface area contributed by atoms with Crippen LogP contribution in [-0.4, -0.2) is 32.9 Å². The SMILES string of the molecule is COC[C@@]1(N)[C@H](c2ccc(C)cc2)[C@@H]1S(=O)(=O)c1ccc(Cl)cc1. The van der Waals surface area contributed by atoms with E-state index in [2.05, 4.69) is 0 Å². The van der Waals surface area contributed by atoms with Gasteiger partial charge in [-0.3, -0.25) is 0 Å². The van der Waals surface area contributed by atoms with Crippen molar-refractivity contribution in [3.63, 3.8) is 0 Å². The molecule has 0 heterocycles. The third-order valence-electron chi connectivity index (χ3n) is 4.61. The molecule has 2 aromatic rings. The fourth-order valence-corrected chi connectivity index (χ4v) is 5.76. The summed E-state index contributed by atoms with van der Waals surface area (Å²) in [5, 5.41) is -0.218. The molecule has 1 aliphatic carbocycles. The zero-order chi connectivity index (χ0) is 17.5. The summed E-state index contributed by atoms with van der Waals surface area (Å²) in [6.07, 6.45) is 0. The van der Waals surface area contributed by atoms with E-state index in [1.807, 2.05) is 31.2 Å². The third-order valence-corrected chi connectivity index (χ3v) is 7.17. The molecule has 0 aromatic heterocycles. The summed E-state index contributed by atoms with van der Waals surface area (Å²) in [7, 11) is -2.05. The highest BCUT2D eigenvalue weighted by Gasteiger charge is 2.69. The molecule has 3 atom stereocenters. The van der Waals surface area contributed by atoms with E-state index in [0.29, 0.717) is 5.02 Å². The summed E-state index contributed by atoms with van der Waals surface area (Å²) in [4.78, 5) is 0.234. The van der Waals surface area contributed by atoms with E-state index in [9.17, 15) is 8.42 Å². The van der Waals surface area contributed by atoms with Crippen molar-refractivity contribution in [3.05, 3.63) is 64.7 Å². The number of rotatable bonds is 5. The van der Waals surface area contributed by atoms with Crippen molar-refractivity contribution in [2.75, 3.05) is 13.7 Å². The summed E-state index contributed by atoms with van der Waals surface area (Å²) >= 11 is 5.86. The maximum Gasteiger partial charge on any atom is 0.183 e. The Morgan fingerprint density at radius 2 is 1.71 bits per heavy atom. The molecule has 2 aromatic carbocycles. The van der Waals surface area contributed by atoms with E-state index in [4.69, 9.17) is 22.1 Å². The zero-order valence-corrected chi connectivity index (χ0v) is 15.1. The first-order valence-electron chi connectivity index (χ1n) is 7.64. The summed E-state index contributed by atoms with van der Waals surface area (Å²) in [6, 6.07) is 14.0. The van der Waals surface area contributed by atoms with Gasteiger partial charge in [-0.05, 0) is 36.8 Å². The molecular weight excluding hydrogens is 346 g/mol. The smallest absolute Gasteiger partial charge is 0.183 e. The molecule has 128 valence electrons. The second kappa shape index (κ2) is 6.15. The van der Waals surface area contributed by atoms with E-state index in [0.717, 1.165) is 11.1 Å². The van der Waals surface area contributed by atoms with Gasteiger partial charge in [-0.25, -0.2) is 8.42 Å². The van der Waals surface area contributed by atoms with Crippen LogP contribution < -0.4 is 5.73 Å². The van der Waals surface area contributed by atoms with Crippen LogP contribution in [0.1, 0.15) is 17.0 Å². The number of halogens is 1. The van der Waals surface area contributed by atoms with E-state index < -0.39 is 20.6 Å². The molecule has 0 spiro atoms. The quantitative estimate of drug-likeness (QED) is 0.884. The Bertz CT molecular complexity index is 834. The fraction of sp³-hybridized carbons (Fsp3) is 0.333. The lowest BCUT2D eigenvalue weighted by atomic mass is 10.1. The predicted molar refractivity (Wildman–Crippen MR) is 95.1 cm³/mol. The van der Waals surface area contributed by atoms with Crippen LogP contribution in [0.5, 0.6) is 0 Å². The van der Waals surface area contributed by atoms with Crippen molar-refractivity contribution in [3.8, 4) is 0 Å². The minimum absolute atomic E-state index is 0.184. The Hall–Kier alpha value is -1.40. The number of hydrogen-bond acceptors (Lipinski definition) is 4. The third kappa shape index (κ3) is 2.86. The van der Waals surface area contributed by atoms with Crippen LogP contribution in [0.4, 0.5) is 0 Å². The summed E-state index contributed by atoms with van der Waals surface area (Å²) in [6.45, 7) is 2.17. The number of hydrogen-bond donors (Lipinski definition) is 1. The average Bonchev–Trinajstić information content (AvgIpc) is 3.15. The molecule has 24 heavy (non-hydrogen) atoms. The molecule has 0 amide bonds. The Kier molecular flexibility index (Phi) is 4.47. The van der Waals surface area contributed by atoms with E-state index in [-0.39, 0.29) is 17.4 Å². The molecule has 0 bridgehead atoms. The lowest BCUT2D eigenvalue weighted by molar-refractivity contribution is 0.171. The fourth-order valence-electron chi connectivity index (χ4n) is 3.34. The van der Waals surface area contributed by atoms with Gasteiger partial charge in [0.05, 0.1) is 22.3 Å². The van der Waals surface area contributed by atoms with Crippen molar-refractivity contribution in [1.82, 2.24) is 0 Å². The number of ether oxygens (including phenoxy) is 1. The minimum Gasteiger partial charge on any atom is -0.383 e. The topological polar surface area (TPSA) is 69.4 Å². The summed E-state index contributed by atoms with van der Waals surface area (Å²) in [5.74, 6) is -0.293. The number of methoxy groups -OCH3 is 1. The van der Waals surface area contributed by atoms with Crippen molar-refractivity contribution in [2.24, 2.45) is 5.73 Å². The van der Waals surface area contributed by atoms with Crippen molar-refractivity contribution < 1.29 is 13.2 Å². The molecule has 6 heteroatoms. The second-order valence-corrected chi connectivity index (χ2v) is 8.86. The lowest BCUT2D eigenvalue weighted by Gasteiger charge is -2.11. The van der Waals surface area contributed by atoms with Gasteiger partial charge in [-0.1, -0.05) is 41.4 Å². The molecular formula is C18H20ClNO3S. The molecule has 0 unspecified atom stereocenters. The molecule has 0 radical (unpaired) electrons. The van der Waals surface area contributed by atoms with Gasteiger partial charge >= 0.3 is 0 Å². The van der Waals surface area contributed by atoms with Crippen molar-refractivity contribution in [2.45, 2.75) is 28.5 Å². The molecule has 0 aliphatic heterocycles. The van der Waals surface area contributed by atoms with Crippen LogP contribution in [0.2, 0.25) is 5.02 Å². The van der Waals surface area contributed by atoms with Crippen LogP contribution in [-0.2, 0) is 14.6 Å². The first kappa shape index (κ1) is 17.4. The minimum atomic E-state index is -3.58. The Labute approximate surface area is 147 Å². The zero-order valence-electron chi connectivity index (χ0n) is 13.6. The second-order valence-electron chi connectivity index (χ2n) is 6.35. The standard InChI is InChI=1S/C18H20ClNO3S/c1-12-3-5-13(6-4-12)16-17(18(16,20)11-23-2)24(21,22)15-9-7-14(19)8-10-15/h3-10,16-17H,11,20H2,1-2H3/t16-,17+,18-/m1/s1. The van der Waals surface area contributed by atoms with Crippen molar-refractivity contribution >= 4 is 21.4 Å². The highest BCUT2D eigenvalue weighted by atomic mass is 35.5. The maximum atomic E-state index is 13.1. The number of nitrogens with two attached hydrogens (primary N) is 1. The van der Waals surface area contributed by atoms with Crippen LogP contribution in [0.15, 0.2) is 53.4 Å².